The summed E-state index contributed by atoms with van der Waals surface area (Å²) in [6.45, 7) is 8.90. The third-order valence-corrected chi connectivity index (χ3v) is 6.98. The van der Waals surface area contributed by atoms with Crippen molar-refractivity contribution >= 4 is 29.3 Å². The fourth-order valence-electron chi connectivity index (χ4n) is 3.95. The number of nitrogens with zero attached hydrogens (tertiary/aromatic N) is 3. The van der Waals surface area contributed by atoms with Crippen LogP contribution in [0.3, 0.4) is 0 Å². The van der Waals surface area contributed by atoms with Crippen LogP contribution in [-0.4, -0.2) is 38.4 Å². The van der Waals surface area contributed by atoms with E-state index < -0.39 is 0 Å². The number of carbonyl (C=O) groups is 2. The smallest absolute Gasteiger partial charge is 0.232 e. The topological polar surface area (TPSA) is 88.9 Å². The van der Waals surface area contributed by atoms with E-state index in [4.69, 9.17) is 0 Å². The Labute approximate surface area is 188 Å². The molecule has 1 saturated carbocycles. The number of aromatic nitrogens is 3. The van der Waals surface area contributed by atoms with Crippen LogP contribution in [0.5, 0.6) is 0 Å². The molecule has 0 bridgehead atoms. The molecule has 1 aromatic carbocycles. The third kappa shape index (κ3) is 6.32. The second-order valence-electron chi connectivity index (χ2n) is 8.39. The van der Waals surface area contributed by atoms with Crippen LogP contribution in [-0.2, 0) is 22.6 Å². The summed E-state index contributed by atoms with van der Waals surface area (Å²) in [5, 5.41) is 15.2. The summed E-state index contributed by atoms with van der Waals surface area (Å²) >= 11 is 1.37. The van der Waals surface area contributed by atoms with Crippen LogP contribution < -0.4 is 10.6 Å². The number of aryl methyl sites for hydroxylation is 2. The Morgan fingerprint density at radius 1 is 1.13 bits per heavy atom. The largest absolute Gasteiger partial charge is 0.352 e. The fraction of sp³-hybridized carbons (Fsp3) is 0.565. The monoisotopic (exact) mass is 443 g/mol. The van der Waals surface area contributed by atoms with Crippen molar-refractivity contribution in [3.63, 3.8) is 0 Å². The van der Waals surface area contributed by atoms with E-state index in [1.54, 1.807) is 0 Å². The second kappa shape index (κ2) is 10.8. The number of amides is 2. The number of thioether (sulfide) groups is 1. The Morgan fingerprint density at radius 2 is 1.90 bits per heavy atom. The van der Waals surface area contributed by atoms with Crippen molar-refractivity contribution in [3.05, 3.63) is 35.2 Å². The first kappa shape index (κ1) is 23.3. The predicted octanol–water partition coefficient (Wildman–Crippen LogP) is 3.88. The summed E-state index contributed by atoms with van der Waals surface area (Å²) in [5.74, 6) is 1.34. The highest BCUT2D eigenvalue weighted by Gasteiger charge is 2.23. The first-order chi connectivity index (χ1) is 14.9. The minimum atomic E-state index is -0.133. The minimum absolute atomic E-state index is 0.0310. The zero-order valence-electron chi connectivity index (χ0n) is 18.9. The van der Waals surface area contributed by atoms with Crippen LogP contribution in [0.1, 0.15) is 56.5 Å². The molecule has 1 aromatic heterocycles. The lowest BCUT2D eigenvalue weighted by molar-refractivity contribution is -0.120. The number of hydrogen-bond acceptors (Lipinski definition) is 5. The summed E-state index contributed by atoms with van der Waals surface area (Å²) in [6.07, 6.45) is 4.81. The SMILES string of the molecule is CCn1c(CC(=O)Nc2ccc(C)c(C)c2)nnc1SCC(=O)N[C@@H]1CCCC[C@H]1C. The van der Waals surface area contributed by atoms with Crippen molar-refractivity contribution in [3.8, 4) is 0 Å². The molecule has 0 unspecified atom stereocenters. The van der Waals surface area contributed by atoms with Gasteiger partial charge < -0.3 is 15.2 Å². The molecule has 168 valence electrons. The normalized spacial score (nSPS) is 18.6. The molecule has 0 saturated heterocycles. The van der Waals surface area contributed by atoms with Gasteiger partial charge in [-0.3, -0.25) is 9.59 Å². The molecule has 3 rings (SSSR count). The quantitative estimate of drug-likeness (QED) is 0.605. The molecule has 2 atom stereocenters. The molecule has 31 heavy (non-hydrogen) atoms. The Kier molecular flexibility index (Phi) is 8.12. The first-order valence-electron chi connectivity index (χ1n) is 11.1. The van der Waals surface area contributed by atoms with E-state index in [0.717, 1.165) is 17.7 Å². The highest BCUT2D eigenvalue weighted by molar-refractivity contribution is 7.99. The van der Waals surface area contributed by atoms with E-state index in [2.05, 4.69) is 27.8 Å². The van der Waals surface area contributed by atoms with Gasteiger partial charge >= 0.3 is 0 Å². The maximum atomic E-state index is 12.5. The lowest BCUT2D eigenvalue weighted by Crippen LogP contribution is -2.41. The summed E-state index contributed by atoms with van der Waals surface area (Å²) in [6, 6.07) is 6.13. The molecule has 0 radical (unpaired) electrons. The molecular weight excluding hydrogens is 410 g/mol. The molecule has 1 aliphatic carbocycles. The summed E-state index contributed by atoms with van der Waals surface area (Å²) in [7, 11) is 0. The van der Waals surface area contributed by atoms with Crippen molar-refractivity contribution in [2.75, 3.05) is 11.1 Å². The van der Waals surface area contributed by atoms with Crippen LogP contribution in [0.15, 0.2) is 23.4 Å². The van der Waals surface area contributed by atoms with Crippen molar-refractivity contribution in [1.82, 2.24) is 20.1 Å². The van der Waals surface area contributed by atoms with E-state index in [-0.39, 0.29) is 24.3 Å². The standard InChI is InChI=1S/C23H33N5O2S/c1-5-28-20(13-21(29)24-18-11-10-15(2)17(4)12-18)26-27-23(28)31-14-22(30)25-19-9-7-6-8-16(19)3/h10-12,16,19H,5-9,13-14H2,1-4H3,(H,24,29)(H,25,30)/t16-,19-/m1/s1. The number of nitrogens with one attached hydrogen (secondary N) is 2. The highest BCUT2D eigenvalue weighted by atomic mass is 32.2. The van der Waals surface area contributed by atoms with Crippen molar-refractivity contribution in [2.45, 2.75) is 77.5 Å². The van der Waals surface area contributed by atoms with Crippen LogP contribution in [0.4, 0.5) is 5.69 Å². The lowest BCUT2D eigenvalue weighted by Gasteiger charge is -2.29. The van der Waals surface area contributed by atoms with Gasteiger partial charge in [0.1, 0.15) is 5.82 Å². The highest BCUT2D eigenvalue weighted by Crippen LogP contribution is 2.24. The maximum absolute atomic E-state index is 12.5. The Hall–Kier alpha value is -2.35. The van der Waals surface area contributed by atoms with Gasteiger partial charge in [-0.2, -0.15) is 0 Å². The zero-order chi connectivity index (χ0) is 22.4. The van der Waals surface area contributed by atoms with Gasteiger partial charge in [0.25, 0.3) is 0 Å². The molecule has 2 aromatic rings. The summed E-state index contributed by atoms with van der Waals surface area (Å²) in [4.78, 5) is 24.9. The van der Waals surface area contributed by atoms with Gasteiger partial charge in [-0.05, 0) is 62.8 Å². The van der Waals surface area contributed by atoms with Gasteiger partial charge in [-0.1, -0.05) is 37.6 Å². The average molecular weight is 444 g/mol. The molecule has 1 heterocycles. The van der Waals surface area contributed by atoms with E-state index in [1.165, 1.54) is 36.6 Å². The molecule has 2 N–H and O–H groups in total. The van der Waals surface area contributed by atoms with Gasteiger partial charge in [0.15, 0.2) is 5.16 Å². The van der Waals surface area contributed by atoms with Crippen LogP contribution in [0.2, 0.25) is 0 Å². The van der Waals surface area contributed by atoms with E-state index in [9.17, 15) is 9.59 Å². The minimum Gasteiger partial charge on any atom is -0.352 e. The van der Waals surface area contributed by atoms with Crippen LogP contribution >= 0.6 is 11.8 Å². The second-order valence-corrected chi connectivity index (χ2v) is 9.33. The Bertz CT molecular complexity index is 927. The first-order valence-corrected chi connectivity index (χ1v) is 12.1. The van der Waals surface area contributed by atoms with Crippen molar-refractivity contribution < 1.29 is 9.59 Å². The lowest BCUT2D eigenvalue weighted by atomic mass is 9.86. The number of benzene rings is 1. The summed E-state index contributed by atoms with van der Waals surface area (Å²) in [5.41, 5.74) is 3.10. The number of hydrogen-bond donors (Lipinski definition) is 2. The summed E-state index contributed by atoms with van der Waals surface area (Å²) < 4.78 is 1.90. The van der Waals surface area contributed by atoms with Gasteiger partial charge in [0.2, 0.25) is 11.8 Å². The third-order valence-electron chi connectivity index (χ3n) is 6.01. The maximum Gasteiger partial charge on any atom is 0.232 e. The molecule has 2 amide bonds. The van der Waals surface area contributed by atoms with Gasteiger partial charge in [0, 0.05) is 18.3 Å². The Morgan fingerprint density at radius 3 is 2.61 bits per heavy atom. The molecule has 0 spiro atoms. The molecule has 8 heteroatoms. The fourth-order valence-corrected chi connectivity index (χ4v) is 4.78. The molecule has 7 nitrogen and oxygen atoms in total. The van der Waals surface area contributed by atoms with Crippen LogP contribution in [0.25, 0.3) is 0 Å². The average Bonchev–Trinajstić information content (AvgIpc) is 3.12. The van der Waals surface area contributed by atoms with Crippen LogP contribution in [0, 0.1) is 19.8 Å². The molecule has 1 aliphatic rings. The molecule has 0 aliphatic heterocycles. The van der Waals surface area contributed by atoms with E-state index >= 15 is 0 Å². The van der Waals surface area contributed by atoms with Gasteiger partial charge in [-0.25, -0.2) is 0 Å². The van der Waals surface area contributed by atoms with Crippen molar-refractivity contribution in [1.29, 1.82) is 0 Å². The Balaban J connectivity index is 1.55. The van der Waals surface area contributed by atoms with Gasteiger partial charge in [0.05, 0.1) is 12.2 Å². The number of rotatable bonds is 8. The number of carbonyl (C=O) groups excluding carboxylic acids is 2. The van der Waals surface area contributed by atoms with E-state index in [1.807, 2.05) is 43.5 Å². The zero-order valence-corrected chi connectivity index (χ0v) is 19.7. The molecule has 1 fully saturated rings. The molecular formula is C23H33N5O2S. The number of anilines is 1. The van der Waals surface area contributed by atoms with Crippen molar-refractivity contribution in [2.24, 2.45) is 5.92 Å². The predicted molar refractivity (Wildman–Crippen MR) is 124 cm³/mol. The van der Waals surface area contributed by atoms with E-state index in [0.29, 0.717) is 29.2 Å². The van der Waals surface area contributed by atoms with Gasteiger partial charge in [-0.15, -0.1) is 10.2 Å².